The Morgan fingerprint density at radius 1 is 1.36 bits per heavy atom. The van der Waals surface area contributed by atoms with Crippen molar-refractivity contribution in [3.63, 3.8) is 0 Å². The van der Waals surface area contributed by atoms with E-state index in [9.17, 15) is 0 Å². The maximum Gasteiger partial charge on any atom is 0.243 e. The SMILES string of the molecule is CCc1noc(C(C)NCc2ccc(OC)c(Cn3cncn3)c2)n1. The van der Waals surface area contributed by atoms with Gasteiger partial charge in [0.15, 0.2) is 5.82 Å². The summed E-state index contributed by atoms with van der Waals surface area (Å²) in [4.78, 5) is 8.33. The van der Waals surface area contributed by atoms with Gasteiger partial charge < -0.3 is 14.6 Å². The first-order valence-electron chi connectivity index (χ1n) is 8.23. The molecule has 0 bridgehead atoms. The third-order valence-electron chi connectivity index (χ3n) is 3.93. The Labute approximate surface area is 146 Å². The summed E-state index contributed by atoms with van der Waals surface area (Å²) in [6.07, 6.45) is 3.97. The van der Waals surface area contributed by atoms with Crippen LogP contribution in [0.5, 0.6) is 5.75 Å². The van der Waals surface area contributed by atoms with Gasteiger partial charge in [-0.3, -0.25) is 0 Å². The molecular weight excluding hydrogens is 320 g/mol. The number of aryl methyl sites for hydroxylation is 1. The van der Waals surface area contributed by atoms with E-state index in [2.05, 4.69) is 31.6 Å². The number of rotatable bonds is 8. The van der Waals surface area contributed by atoms with Crippen LogP contribution in [0.4, 0.5) is 0 Å². The van der Waals surface area contributed by atoms with Crippen molar-refractivity contribution in [3.8, 4) is 5.75 Å². The minimum Gasteiger partial charge on any atom is -0.496 e. The van der Waals surface area contributed by atoms with E-state index in [0.29, 0.717) is 19.0 Å². The third kappa shape index (κ3) is 4.21. The second-order valence-corrected chi connectivity index (χ2v) is 5.74. The van der Waals surface area contributed by atoms with E-state index >= 15 is 0 Å². The van der Waals surface area contributed by atoms with Crippen molar-refractivity contribution in [1.29, 1.82) is 0 Å². The van der Waals surface area contributed by atoms with Crippen LogP contribution in [0.3, 0.4) is 0 Å². The van der Waals surface area contributed by atoms with Crippen molar-refractivity contribution in [2.45, 2.75) is 39.4 Å². The first-order chi connectivity index (χ1) is 12.2. The molecule has 1 aromatic carbocycles. The van der Waals surface area contributed by atoms with E-state index < -0.39 is 0 Å². The monoisotopic (exact) mass is 342 g/mol. The molecule has 0 aliphatic rings. The zero-order chi connectivity index (χ0) is 17.6. The lowest BCUT2D eigenvalue weighted by atomic mass is 10.1. The van der Waals surface area contributed by atoms with Crippen molar-refractivity contribution >= 4 is 0 Å². The Bertz CT molecular complexity index is 799. The summed E-state index contributed by atoms with van der Waals surface area (Å²) in [5, 5.41) is 11.5. The largest absolute Gasteiger partial charge is 0.496 e. The molecule has 8 nitrogen and oxygen atoms in total. The first-order valence-corrected chi connectivity index (χ1v) is 8.23. The number of nitrogens with one attached hydrogen (secondary N) is 1. The molecule has 3 aromatic rings. The summed E-state index contributed by atoms with van der Waals surface area (Å²) in [5.74, 6) is 2.16. The summed E-state index contributed by atoms with van der Waals surface area (Å²) in [6, 6.07) is 6.09. The number of hydrogen-bond donors (Lipinski definition) is 1. The van der Waals surface area contributed by atoms with Crippen LogP contribution in [-0.4, -0.2) is 32.0 Å². The summed E-state index contributed by atoms with van der Waals surface area (Å²) >= 11 is 0. The highest BCUT2D eigenvalue weighted by Crippen LogP contribution is 2.21. The summed E-state index contributed by atoms with van der Waals surface area (Å²) in [5.41, 5.74) is 2.18. The molecule has 132 valence electrons. The van der Waals surface area contributed by atoms with Crippen LogP contribution in [0.1, 0.15) is 42.7 Å². The Balaban J connectivity index is 1.67. The van der Waals surface area contributed by atoms with Gasteiger partial charge in [-0.25, -0.2) is 9.67 Å². The summed E-state index contributed by atoms with van der Waals surface area (Å²) in [6.45, 7) is 5.29. The molecule has 1 unspecified atom stereocenters. The van der Waals surface area contributed by atoms with Crippen molar-refractivity contribution in [3.05, 3.63) is 53.7 Å². The smallest absolute Gasteiger partial charge is 0.243 e. The molecular formula is C17H22N6O2. The lowest BCUT2D eigenvalue weighted by Gasteiger charge is -2.13. The molecule has 8 heteroatoms. The van der Waals surface area contributed by atoms with Crippen LogP contribution in [-0.2, 0) is 19.5 Å². The fraction of sp³-hybridized carbons (Fsp3) is 0.412. The number of methoxy groups -OCH3 is 1. The Kier molecular flexibility index (Phi) is 5.39. The number of nitrogens with zero attached hydrogens (tertiary/aromatic N) is 5. The van der Waals surface area contributed by atoms with E-state index in [4.69, 9.17) is 9.26 Å². The van der Waals surface area contributed by atoms with E-state index in [1.165, 1.54) is 6.33 Å². The maximum atomic E-state index is 5.44. The van der Waals surface area contributed by atoms with Crippen molar-refractivity contribution in [2.75, 3.05) is 7.11 Å². The van der Waals surface area contributed by atoms with Crippen LogP contribution in [0.25, 0.3) is 0 Å². The highest BCUT2D eigenvalue weighted by Gasteiger charge is 2.13. The van der Waals surface area contributed by atoms with E-state index in [1.807, 2.05) is 26.0 Å². The molecule has 0 radical (unpaired) electrons. The van der Waals surface area contributed by atoms with E-state index in [1.54, 1.807) is 18.1 Å². The fourth-order valence-electron chi connectivity index (χ4n) is 2.50. The molecule has 0 spiro atoms. The van der Waals surface area contributed by atoms with Crippen molar-refractivity contribution < 1.29 is 9.26 Å². The molecule has 0 fully saturated rings. The Morgan fingerprint density at radius 3 is 2.92 bits per heavy atom. The van der Waals surface area contributed by atoms with Crippen LogP contribution in [0, 0.1) is 0 Å². The van der Waals surface area contributed by atoms with Crippen LogP contribution < -0.4 is 10.1 Å². The van der Waals surface area contributed by atoms with Gasteiger partial charge in [-0.2, -0.15) is 10.1 Å². The van der Waals surface area contributed by atoms with Gasteiger partial charge in [-0.15, -0.1) is 0 Å². The lowest BCUT2D eigenvalue weighted by molar-refractivity contribution is 0.336. The van der Waals surface area contributed by atoms with E-state index in [-0.39, 0.29) is 6.04 Å². The summed E-state index contributed by atoms with van der Waals surface area (Å²) in [7, 11) is 1.67. The van der Waals surface area contributed by atoms with E-state index in [0.717, 1.165) is 29.1 Å². The average Bonchev–Trinajstić information content (AvgIpc) is 3.31. The standard InChI is InChI=1S/C17H22N6O2/c1-4-16-21-17(25-22-16)12(2)19-8-13-5-6-15(24-3)14(7-13)9-23-11-18-10-20-23/h5-7,10-12,19H,4,8-9H2,1-3H3. The minimum absolute atomic E-state index is 0.0198. The predicted octanol–water partition coefficient (Wildman–Crippen LogP) is 2.13. The first kappa shape index (κ1) is 17.1. The van der Waals surface area contributed by atoms with Gasteiger partial charge in [0, 0.05) is 18.5 Å². The molecule has 0 amide bonds. The van der Waals surface area contributed by atoms with Crippen LogP contribution in [0.2, 0.25) is 0 Å². The van der Waals surface area contributed by atoms with Gasteiger partial charge in [0.2, 0.25) is 5.89 Å². The number of ether oxygens (including phenoxy) is 1. The lowest BCUT2D eigenvalue weighted by Crippen LogP contribution is -2.18. The molecule has 0 aliphatic carbocycles. The highest BCUT2D eigenvalue weighted by atomic mass is 16.5. The second-order valence-electron chi connectivity index (χ2n) is 5.74. The maximum absolute atomic E-state index is 5.44. The number of benzene rings is 1. The predicted molar refractivity (Wildman–Crippen MR) is 91.0 cm³/mol. The van der Waals surface area contributed by atoms with Crippen LogP contribution >= 0.6 is 0 Å². The van der Waals surface area contributed by atoms with Gasteiger partial charge >= 0.3 is 0 Å². The molecule has 3 rings (SSSR count). The summed E-state index contributed by atoms with van der Waals surface area (Å²) < 4.78 is 12.5. The normalized spacial score (nSPS) is 12.3. The molecule has 25 heavy (non-hydrogen) atoms. The zero-order valence-corrected chi connectivity index (χ0v) is 14.6. The second kappa shape index (κ2) is 7.89. The Morgan fingerprint density at radius 2 is 2.24 bits per heavy atom. The van der Waals surface area contributed by atoms with Gasteiger partial charge in [0.05, 0.1) is 19.7 Å². The zero-order valence-electron chi connectivity index (χ0n) is 14.6. The molecule has 1 N–H and O–H groups in total. The van der Waals surface area contributed by atoms with Gasteiger partial charge in [-0.05, 0) is 24.6 Å². The van der Waals surface area contributed by atoms with Gasteiger partial charge in [0.25, 0.3) is 0 Å². The number of aromatic nitrogens is 5. The molecule has 2 heterocycles. The fourth-order valence-corrected chi connectivity index (χ4v) is 2.50. The third-order valence-corrected chi connectivity index (χ3v) is 3.93. The minimum atomic E-state index is -0.0198. The van der Waals surface area contributed by atoms with Crippen molar-refractivity contribution in [2.24, 2.45) is 0 Å². The molecule has 1 atom stereocenters. The van der Waals surface area contributed by atoms with Crippen molar-refractivity contribution in [1.82, 2.24) is 30.2 Å². The topological polar surface area (TPSA) is 90.9 Å². The molecule has 0 saturated heterocycles. The quantitative estimate of drug-likeness (QED) is 0.670. The van der Waals surface area contributed by atoms with Gasteiger partial charge in [0.1, 0.15) is 18.4 Å². The average molecular weight is 342 g/mol. The van der Waals surface area contributed by atoms with Crippen LogP contribution in [0.15, 0.2) is 35.4 Å². The van der Waals surface area contributed by atoms with Gasteiger partial charge in [-0.1, -0.05) is 18.1 Å². The molecule has 0 saturated carbocycles. The molecule has 2 aromatic heterocycles. The number of hydrogen-bond acceptors (Lipinski definition) is 7. The molecule has 0 aliphatic heterocycles. The Hall–Kier alpha value is -2.74. The highest BCUT2D eigenvalue weighted by molar-refractivity contribution is 5.37.